The summed E-state index contributed by atoms with van der Waals surface area (Å²) in [7, 11) is 0. The number of carbonyl (C=O) groups is 2. The zero-order chi connectivity index (χ0) is 27.3. The van der Waals surface area contributed by atoms with Crippen LogP contribution < -0.4 is 10.6 Å². The molecule has 0 saturated heterocycles. The number of anilines is 2. The van der Waals surface area contributed by atoms with Crippen molar-refractivity contribution in [2.45, 2.75) is 45.4 Å². The maximum absolute atomic E-state index is 13.9. The van der Waals surface area contributed by atoms with E-state index in [0.717, 1.165) is 16.1 Å². The molecule has 0 aliphatic rings. The molecular formula is C27H29FN6O3S. The summed E-state index contributed by atoms with van der Waals surface area (Å²) in [6, 6.07) is 11.5. The normalized spacial score (nSPS) is 11.4. The Kier molecular flexibility index (Phi) is 8.28. The van der Waals surface area contributed by atoms with Gasteiger partial charge < -0.3 is 15.7 Å². The fourth-order valence-electron chi connectivity index (χ4n) is 3.66. The molecule has 11 heteroatoms. The second kappa shape index (κ2) is 11.6. The molecule has 0 aliphatic heterocycles. The second-order valence-corrected chi connectivity index (χ2v) is 11.0. The first-order valence-electron chi connectivity index (χ1n) is 12.1. The smallest absolute Gasteiger partial charge is 0.251 e. The maximum Gasteiger partial charge on any atom is 0.251 e. The molecule has 0 spiro atoms. The lowest BCUT2D eigenvalue weighted by atomic mass is 9.92. The molecule has 3 heterocycles. The molecular weight excluding hydrogens is 507 g/mol. The first kappa shape index (κ1) is 27.1. The van der Waals surface area contributed by atoms with Crippen LogP contribution in [0.2, 0.25) is 0 Å². The monoisotopic (exact) mass is 536 g/mol. The summed E-state index contributed by atoms with van der Waals surface area (Å²) in [5.74, 6) is -0.309. The van der Waals surface area contributed by atoms with Crippen LogP contribution in [0.1, 0.15) is 41.9 Å². The number of aliphatic hydroxyl groups excluding tert-OH is 1. The van der Waals surface area contributed by atoms with Gasteiger partial charge in [-0.25, -0.2) is 19.0 Å². The molecule has 1 aromatic carbocycles. The number of benzene rings is 1. The van der Waals surface area contributed by atoms with Crippen LogP contribution in [0.5, 0.6) is 0 Å². The molecule has 4 rings (SSSR count). The summed E-state index contributed by atoms with van der Waals surface area (Å²) < 4.78 is 15.4. The van der Waals surface area contributed by atoms with Crippen molar-refractivity contribution in [1.82, 2.24) is 19.7 Å². The SMILES string of the molecule is CC(C)(C)c1cc(NC(=O)Cc2ncc(CCc3ccnc(NC(=O)CO)c3)s2)n(-c2cccc(F)c2)n1. The van der Waals surface area contributed by atoms with Crippen LogP contribution in [0.25, 0.3) is 5.69 Å². The summed E-state index contributed by atoms with van der Waals surface area (Å²) in [4.78, 5) is 33.8. The zero-order valence-electron chi connectivity index (χ0n) is 21.4. The maximum atomic E-state index is 13.9. The van der Waals surface area contributed by atoms with E-state index < -0.39 is 12.5 Å². The number of aliphatic hydroxyl groups is 1. The molecule has 0 atom stereocenters. The lowest BCUT2D eigenvalue weighted by Gasteiger charge is -2.14. The van der Waals surface area contributed by atoms with Gasteiger partial charge in [-0.2, -0.15) is 5.10 Å². The Bertz CT molecular complexity index is 1440. The van der Waals surface area contributed by atoms with E-state index in [-0.39, 0.29) is 23.6 Å². The van der Waals surface area contributed by atoms with Crippen molar-refractivity contribution in [3.63, 3.8) is 0 Å². The van der Waals surface area contributed by atoms with Gasteiger partial charge in [-0.3, -0.25) is 9.59 Å². The molecule has 2 amide bonds. The zero-order valence-corrected chi connectivity index (χ0v) is 22.2. The summed E-state index contributed by atoms with van der Waals surface area (Å²) in [6.07, 6.45) is 4.86. The number of nitrogens with zero attached hydrogens (tertiary/aromatic N) is 4. The van der Waals surface area contributed by atoms with Crippen LogP contribution in [0.4, 0.5) is 16.0 Å². The van der Waals surface area contributed by atoms with E-state index >= 15 is 0 Å². The van der Waals surface area contributed by atoms with Gasteiger partial charge in [0.2, 0.25) is 5.91 Å². The number of hydrogen-bond donors (Lipinski definition) is 3. The predicted molar refractivity (Wildman–Crippen MR) is 144 cm³/mol. The van der Waals surface area contributed by atoms with Crippen LogP contribution in [0.3, 0.4) is 0 Å². The highest BCUT2D eigenvalue weighted by Gasteiger charge is 2.22. The Morgan fingerprint density at radius 2 is 1.87 bits per heavy atom. The van der Waals surface area contributed by atoms with Gasteiger partial charge in [0.05, 0.1) is 17.8 Å². The van der Waals surface area contributed by atoms with Crippen molar-refractivity contribution in [1.29, 1.82) is 0 Å². The summed E-state index contributed by atoms with van der Waals surface area (Å²) in [5.41, 5.74) is 2.00. The summed E-state index contributed by atoms with van der Waals surface area (Å²) in [5, 5.41) is 19.6. The second-order valence-electron chi connectivity index (χ2n) is 9.76. The standard InChI is InChI=1S/C27H29FN6O3S/c1-27(2,3)21-13-23(34(33-21)19-6-4-5-18(28)12-19)32-24(36)14-26-30-15-20(38-26)8-7-17-9-10-29-22(11-17)31-25(37)16-35/h4-6,9-13,15,35H,7-8,14,16H2,1-3H3,(H,32,36)(H,29,31,37). The molecule has 0 unspecified atom stereocenters. The number of pyridine rings is 1. The molecule has 0 fully saturated rings. The van der Waals surface area contributed by atoms with E-state index in [1.54, 1.807) is 35.3 Å². The molecule has 0 aliphatic carbocycles. The Morgan fingerprint density at radius 1 is 1.05 bits per heavy atom. The van der Waals surface area contributed by atoms with E-state index in [1.165, 1.54) is 23.5 Å². The lowest BCUT2D eigenvalue weighted by molar-refractivity contribution is -0.119. The topological polar surface area (TPSA) is 122 Å². The Balaban J connectivity index is 1.40. The summed E-state index contributed by atoms with van der Waals surface area (Å²) >= 11 is 1.46. The van der Waals surface area contributed by atoms with Gasteiger partial charge in [-0.15, -0.1) is 11.3 Å². The molecule has 3 aromatic heterocycles. The number of thiazole rings is 1. The van der Waals surface area contributed by atoms with E-state index in [0.29, 0.717) is 35.2 Å². The first-order valence-corrected chi connectivity index (χ1v) is 12.9. The van der Waals surface area contributed by atoms with E-state index in [1.807, 2.05) is 32.9 Å². The van der Waals surface area contributed by atoms with Crippen molar-refractivity contribution in [2.24, 2.45) is 0 Å². The Morgan fingerprint density at radius 3 is 2.61 bits per heavy atom. The number of hydrogen-bond acceptors (Lipinski definition) is 7. The number of aryl methyl sites for hydroxylation is 2. The van der Waals surface area contributed by atoms with Crippen LogP contribution in [-0.2, 0) is 34.3 Å². The average Bonchev–Trinajstić information content (AvgIpc) is 3.50. The largest absolute Gasteiger partial charge is 0.387 e. The first-order chi connectivity index (χ1) is 18.1. The molecule has 9 nitrogen and oxygen atoms in total. The number of halogens is 1. The number of rotatable bonds is 9. The highest BCUT2D eigenvalue weighted by Crippen LogP contribution is 2.27. The molecule has 3 N–H and O–H groups in total. The summed E-state index contributed by atoms with van der Waals surface area (Å²) in [6.45, 7) is 5.46. The third-order valence-electron chi connectivity index (χ3n) is 5.61. The molecule has 4 aromatic rings. The van der Waals surface area contributed by atoms with Crippen LogP contribution in [0, 0.1) is 5.82 Å². The van der Waals surface area contributed by atoms with Crippen molar-refractivity contribution < 1.29 is 19.1 Å². The highest BCUT2D eigenvalue weighted by molar-refractivity contribution is 7.11. The van der Waals surface area contributed by atoms with Crippen LogP contribution in [-0.4, -0.2) is 43.3 Å². The van der Waals surface area contributed by atoms with Gasteiger partial charge in [0.15, 0.2) is 0 Å². The molecule has 0 bridgehead atoms. The van der Waals surface area contributed by atoms with Gasteiger partial charge >= 0.3 is 0 Å². The van der Waals surface area contributed by atoms with Crippen LogP contribution in [0.15, 0.2) is 54.9 Å². The predicted octanol–water partition coefficient (Wildman–Crippen LogP) is 4.06. The Labute approximate surface area is 223 Å². The van der Waals surface area contributed by atoms with Gasteiger partial charge in [0.25, 0.3) is 5.91 Å². The van der Waals surface area contributed by atoms with E-state index in [9.17, 15) is 14.0 Å². The van der Waals surface area contributed by atoms with Crippen LogP contribution >= 0.6 is 11.3 Å². The van der Waals surface area contributed by atoms with Gasteiger partial charge in [0, 0.05) is 28.8 Å². The third kappa shape index (κ3) is 7.08. The van der Waals surface area contributed by atoms with Crippen molar-refractivity contribution in [2.75, 3.05) is 17.2 Å². The lowest BCUT2D eigenvalue weighted by Crippen LogP contribution is -2.17. The number of aromatic nitrogens is 4. The fraction of sp³-hybridized carbons (Fsp3) is 0.296. The van der Waals surface area contributed by atoms with Gasteiger partial charge in [0.1, 0.15) is 29.1 Å². The number of carbonyl (C=O) groups excluding carboxylic acids is 2. The van der Waals surface area contributed by atoms with Crippen molar-refractivity contribution in [3.8, 4) is 5.69 Å². The van der Waals surface area contributed by atoms with Gasteiger partial charge in [-0.1, -0.05) is 26.8 Å². The highest BCUT2D eigenvalue weighted by atomic mass is 32.1. The molecule has 38 heavy (non-hydrogen) atoms. The minimum absolute atomic E-state index is 0.0937. The Hall–Kier alpha value is -3.96. The van der Waals surface area contributed by atoms with Crippen molar-refractivity contribution >= 4 is 34.8 Å². The average molecular weight is 537 g/mol. The molecule has 198 valence electrons. The van der Waals surface area contributed by atoms with E-state index in [4.69, 9.17) is 5.11 Å². The minimum atomic E-state index is -0.603. The fourth-order valence-corrected chi connectivity index (χ4v) is 4.58. The quantitative estimate of drug-likeness (QED) is 0.297. The number of nitrogens with one attached hydrogen (secondary N) is 2. The molecule has 0 saturated carbocycles. The number of amides is 2. The molecule has 0 radical (unpaired) electrons. The van der Waals surface area contributed by atoms with E-state index in [2.05, 4.69) is 25.7 Å². The minimum Gasteiger partial charge on any atom is -0.387 e. The third-order valence-corrected chi connectivity index (χ3v) is 6.66. The van der Waals surface area contributed by atoms with Crippen molar-refractivity contribution in [3.05, 3.63) is 81.8 Å². The van der Waals surface area contributed by atoms with Gasteiger partial charge in [-0.05, 0) is 48.7 Å².